The van der Waals surface area contributed by atoms with Crippen LogP contribution in [-0.4, -0.2) is 30.5 Å². The molecule has 0 saturated carbocycles. The van der Waals surface area contributed by atoms with Crippen LogP contribution < -0.4 is 10.6 Å². The predicted octanol–water partition coefficient (Wildman–Crippen LogP) is 5.04. The number of rotatable bonds is 8. The Hall–Kier alpha value is -1.76. The van der Waals surface area contributed by atoms with E-state index in [0.29, 0.717) is 21.4 Å². The highest BCUT2D eigenvalue weighted by Gasteiger charge is 2.09. The summed E-state index contributed by atoms with van der Waals surface area (Å²) in [5, 5.41) is 7.15. The maximum absolute atomic E-state index is 11.6. The third kappa shape index (κ3) is 7.40. The largest absolute Gasteiger partial charge is 0.465 e. The molecule has 0 saturated heterocycles. The summed E-state index contributed by atoms with van der Waals surface area (Å²) < 4.78 is 4.72. The fourth-order valence-corrected chi connectivity index (χ4v) is 3.69. The Morgan fingerprint density at radius 3 is 2.81 bits per heavy atom. The van der Waals surface area contributed by atoms with Crippen LogP contribution in [0.25, 0.3) is 0 Å². The van der Waals surface area contributed by atoms with Crippen molar-refractivity contribution in [3.63, 3.8) is 0 Å². The number of hydrogen-bond donors (Lipinski definition) is 2. The van der Waals surface area contributed by atoms with Gasteiger partial charge in [0.15, 0.2) is 5.11 Å². The van der Waals surface area contributed by atoms with Crippen LogP contribution in [0.5, 0.6) is 0 Å². The summed E-state index contributed by atoms with van der Waals surface area (Å²) in [6.07, 6.45) is 0.994. The van der Waals surface area contributed by atoms with Gasteiger partial charge in [-0.25, -0.2) is 4.79 Å². The smallest absolute Gasteiger partial charge is 0.337 e. The molecular formula is C20H23ClN2O2S2. The number of ether oxygens (including phenoxy) is 1. The van der Waals surface area contributed by atoms with Crippen molar-refractivity contribution in [1.82, 2.24) is 5.32 Å². The zero-order valence-electron chi connectivity index (χ0n) is 15.4. The lowest BCUT2D eigenvalue weighted by atomic mass is 10.2. The van der Waals surface area contributed by atoms with Gasteiger partial charge in [0.25, 0.3) is 0 Å². The fraction of sp³-hybridized carbons (Fsp3) is 0.300. The van der Waals surface area contributed by atoms with Crippen molar-refractivity contribution in [3.05, 3.63) is 64.2 Å². The molecule has 0 bridgehead atoms. The number of thiocarbonyl (C=S) groups is 1. The van der Waals surface area contributed by atoms with E-state index < -0.39 is 5.97 Å². The number of nitrogens with one attached hydrogen (secondary N) is 2. The molecule has 4 nitrogen and oxygen atoms in total. The Balaban J connectivity index is 1.69. The maximum Gasteiger partial charge on any atom is 0.337 e. The van der Waals surface area contributed by atoms with E-state index in [2.05, 4.69) is 41.8 Å². The van der Waals surface area contributed by atoms with E-state index in [1.165, 1.54) is 18.2 Å². The quantitative estimate of drug-likeness (QED) is 0.353. The molecule has 2 aromatic carbocycles. The molecular weight excluding hydrogens is 400 g/mol. The first kappa shape index (κ1) is 21.5. The summed E-state index contributed by atoms with van der Waals surface area (Å²) in [5.41, 5.74) is 3.64. The zero-order chi connectivity index (χ0) is 19.6. The number of esters is 1. The topological polar surface area (TPSA) is 50.4 Å². The molecule has 0 amide bonds. The molecule has 0 spiro atoms. The zero-order valence-corrected chi connectivity index (χ0v) is 17.8. The highest BCUT2D eigenvalue weighted by molar-refractivity contribution is 7.98. The molecule has 0 aromatic heterocycles. The summed E-state index contributed by atoms with van der Waals surface area (Å²) in [6.45, 7) is 2.88. The van der Waals surface area contributed by atoms with Crippen LogP contribution in [0, 0.1) is 6.92 Å². The van der Waals surface area contributed by atoms with Gasteiger partial charge in [-0.05, 0) is 55.1 Å². The standard InChI is InChI=1S/C20H23ClN2O2S2/c1-14-5-3-6-15(11-14)13-27-10-4-9-22-20(26)23-18-12-16(19(24)25-2)7-8-17(18)21/h3,5-8,11-12H,4,9-10,13H2,1-2H3,(H2,22,23,26). The van der Waals surface area contributed by atoms with Crippen LogP contribution in [0.1, 0.15) is 27.9 Å². The lowest BCUT2D eigenvalue weighted by molar-refractivity contribution is 0.0601. The first-order chi connectivity index (χ1) is 13.0. The number of benzene rings is 2. The van der Waals surface area contributed by atoms with Crippen molar-refractivity contribution in [2.75, 3.05) is 24.7 Å². The first-order valence-corrected chi connectivity index (χ1v) is 10.5. The van der Waals surface area contributed by atoms with Crippen LogP contribution >= 0.6 is 35.6 Å². The van der Waals surface area contributed by atoms with E-state index in [4.69, 9.17) is 28.6 Å². The molecule has 0 fully saturated rings. The molecule has 0 unspecified atom stereocenters. The fourth-order valence-electron chi connectivity index (χ4n) is 2.40. The molecule has 0 aliphatic heterocycles. The van der Waals surface area contributed by atoms with Crippen LogP contribution in [0.2, 0.25) is 5.02 Å². The minimum atomic E-state index is -0.417. The van der Waals surface area contributed by atoms with Gasteiger partial charge in [-0.3, -0.25) is 0 Å². The van der Waals surface area contributed by atoms with Crippen LogP contribution in [-0.2, 0) is 10.5 Å². The van der Waals surface area contributed by atoms with Crippen LogP contribution in [0.15, 0.2) is 42.5 Å². The molecule has 0 aliphatic carbocycles. The number of thioether (sulfide) groups is 1. The van der Waals surface area contributed by atoms with Gasteiger partial charge in [-0.15, -0.1) is 0 Å². The molecule has 2 rings (SSSR count). The SMILES string of the molecule is COC(=O)c1ccc(Cl)c(NC(=S)NCCCSCc2cccc(C)c2)c1. The predicted molar refractivity (Wildman–Crippen MR) is 119 cm³/mol. The van der Waals surface area contributed by atoms with E-state index in [9.17, 15) is 4.79 Å². The summed E-state index contributed by atoms with van der Waals surface area (Å²) in [5.74, 6) is 1.64. The third-order valence-electron chi connectivity index (χ3n) is 3.74. The van der Waals surface area contributed by atoms with E-state index in [1.807, 2.05) is 11.8 Å². The Morgan fingerprint density at radius 1 is 1.26 bits per heavy atom. The Morgan fingerprint density at radius 2 is 2.07 bits per heavy atom. The van der Waals surface area contributed by atoms with Crippen molar-refractivity contribution >= 4 is 52.3 Å². The van der Waals surface area contributed by atoms with Crippen molar-refractivity contribution in [1.29, 1.82) is 0 Å². The first-order valence-electron chi connectivity index (χ1n) is 8.55. The Kier molecular flexibility index (Phi) is 8.91. The Labute approximate surface area is 175 Å². The number of aryl methyl sites for hydroxylation is 1. The minimum absolute atomic E-state index is 0.416. The molecule has 0 radical (unpaired) electrons. The number of hydrogen-bond acceptors (Lipinski definition) is 4. The number of carbonyl (C=O) groups is 1. The maximum atomic E-state index is 11.6. The van der Waals surface area contributed by atoms with E-state index in [1.54, 1.807) is 18.2 Å². The van der Waals surface area contributed by atoms with Gasteiger partial charge in [0.05, 0.1) is 23.4 Å². The molecule has 144 valence electrons. The summed E-state index contributed by atoms with van der Waals surface area (Å²) >= 11 is 13.4. The minimum Gasteiger partial charge on any atom is -0.465 e. The average molecular weight is 423 g/mol. The van der Waals surface area contributed by atoms with Gasteiger partial charge in [0.2, 0.25) is 0 Å². The monoisotopic (exact) mass is 422 g/mol. The number of methoxy groups -OCH3 is 1. The van der Waals surface area contributed by atoms with Gasteiger partial charge in [-0.1, -0.05) is 41.4 Å². The van der Waals surface area contributed by atoms with Gasteiger partial charge in [-0.2, -0.15) is 11.8 Å². The molecule has 2 N–H and O–H groups in total. The second kappa shape index (κ2) is 11.2. The van der Waals surface area contributed by atoms with E-state index in [-0.39, 0.29) is 0 Å². The Bertz CT molecular complexity index is 799. The van der Waals surface area contributed by atoms with Crippen molar-refractivity contribution in [3.8, 4) is 0 Å². The van der Waals surface area contributed by atoms with Gasteiger partial charge < -0.3 is 15.4 Å². The molecule has 7 heteroatoms. The second-order valence-corrected chi connectivity index (χ2v) is 7.88. The second-order valence-electron chi connectivity index (χ2n) is 5.96. The van der Waals surface area contributed by atoms with E-state index in [0.717, 1.165) is 24.5 Å². The highest BCUT2D eigenvalue weighted by Crippen LogP contribution is 2.23. The van der Waals surface area contributed by atoms with Crippen molar-refractivity contribution < 1.29 is 9.53 Å². The molecule has 0 aliphatic rings. The van der Waals surface area contributed by atoms with Gasteiger partial charge >= 0.3 is 5.97 Å². The average Bonchev–Trinajstić information content (AvgIpc) is 2.65. The highest BCUT2D eigenvalue weighted by atomic mass is 35.5. The normalized spacial score (nSPS) is 10.3. The van der Waals surface area contributed by atoms with Crippen molar-refractivity contribution in [2.45, 2.75) is 19.1 Å². The molecule has 0 atom stereocenters. The van der Waals surface area contributed by atoms with Gasteiger partial charge in [0.1, 0.15) is 0 Å². The summed E-state index contributed by atoms with van der Waals surface area (Å²) in [4.78, 5) is 11.6. The van der Waals surface area contributed by atoms with Crippen LogP contribution in [0.3, 0.4) is 0 Å². The molecule has 0 heterocycles. The third-order valence-corrected chi connectivity index (χ3v) is 5.43. The van der Waals surface area contributed by atoms with E-state index >= 15 is 0 Å². The van der Waals surface area contributed by atoms with Crippen LogP contribution in [0.4, 0.5) is 5.69 Å². The lowest BCUT2D eigenvalue weighted by Gasteiger charge is -2.12. The van der Waals surface area contributed by atoms with Gasteiger partial charge in [0, 0.05) is 12.3 Å². The van der Waals surface area contributed by atoms with Crippen molar-refractivity contribution in [2.24, 2.45) is 0 Å². The number of anilines is 1. The summed E-state index contributed by atoms with van der Waals surface area (Å²) in [6, 6.07) is 13.5. The number of halogens is 1. The molecule has 27 heavy (non-hydrogen) atoms. The lowest BCUT2D eigenvalue weighted by Crippen LogP contribution is -2.29. The summed E-state index contributed by atoms with van der Waals surface area (Å²) in [7, 11) is 1.34. The molecule has 2 aromatic rings. The number of carbonyl (C=O) groups excluding carboxylic acids is 1.